The fourth-order valence-electron chi connectivity index (χ4n) is 8.42. The minimum atomic E-state index is -1.55. The van der Waals surface area contributed by atoms with Crippen molar-refractivity contribution in [2.75, 3.05) is 39.6 Å². The SMILES string of the molecule is CCc1c(C)c2cc3[nH]c(cc4nc(c(C)c5nc(cc1[nH]2)C(C)=C5)[C@@H](CCC(=O)N(C)CCCOCCC[PH2+]P)[C@@H]4C)c(C)c3CO[C@@H]1O[C@H](CO)[C@@H](O)[C@H](O)[C@H]1O. The van der Waals surface area contributed by atoms with Crippen LogP contribution in [-0.4, -0.2) is 121 Å². The third-order valence-corrected chi connectivity index (χ3v) is 14.1. The summed E-state index contributed by atoms with van der Waals surface area (Å²) in [6, 6.07) is 6.25. The summed E-state index contributed by atoms with van der Waals surface area (Å²) in [7, 11) is 5.13. The molecular weight excluding hydrogens is 788 g/mol. The Morgan fingerprint density at radius 3 is 2.34 bits per heavy atom. The number of H-pyrrole nitrogens is 2. The molecule has 6 heterocycles. The normalized spacial score (nSPS) is 23.3. The number of aliphatic hydroxyl groups is 4. The number of hydrogen-bond acceptors (Lipinski definition) is 10. The fourth-order valence-corrected chi connectivity index (χ4v) is 9.52. The zero-order valence-corrected chi connectivity index (χ0v) is 37.9. The van der Waals surface area contributed by atoms with E-state index in [1.807, 2.05) is 18.9 Å². The first-order valence-electron chi connectivity index (χ1n) is 21.0. The molecule has 3 aliphatic rings. The average molecular weight is 853 g/mol. The van der Waals surface area contributed by atoms with Gasteiger partial charge in [-0.25, -0.2) is 4.98 Å². The van der Waals surface area contributed by atoms with Gasteiger partial charge in [0.05, 0.1) is 37.4 Å². The predicted molar refractivity (Wildman–Crippen MR) is 239 cm³/mol. The van der Waals surface area contributed by atoms with Gasteiger partial charge in [-0.3, -0.25) is 9.78 Å². The summed E-state index contributed by atoms with van der Waals surface area (Å²) in [6.45, 7) is 14.1. The molecule has 322 valence electrons. The van der Waals surface area contributed by atoms with E-state index in [1.54, 1.807) is 0 Å². The van der Waals surface area contributed by atoms with Crippen molar-refractivity contribution in [2.24, 2.45) is 0 Å². The first-order chi connectivity index (χ1) is 28.3. The van der Waals surface area contributed by atoms with Crippen molar-refractivity contribution in [3.8, 4) is 0 Å². The molecule has 6 N–H and O–H groups in total. The molecule has 0 aliphatic carbocycles. The molecule has 3 aliphatic heterocycles. The van der Waals surface area contributed by atoms with Gasteiger partial charge in [-0.2, -0.15) is 0 Å². The Hall–Kier alpha value is -3.09. The van der Waals surface area contributed by atoms with Gasteiger partial charge < -0.3 is 49.5 Å². The van der Waals surface area contributed by atoms with Crippen molar-refractivity contribution in [1.29, 1.82) is 0 Å². The van der Waals surface area contributed by atoms with Gasteiger partial charge >= 0.3 is 0 Å². The lowest BCUT2D eigenvalue weighted by molar-refractivity contribution is -0.304. The van der Waals surface area contributed by atoms with Crippen molar-refractivity contribution in [1.82, 2.24) is 24.8 Å². The number of aryl methyl sites for hydroxylation is 3. The number of carbonyl (C=O) groups excluding carboxylic acids is 1. The van der Waals surface area contributed by atoms with E-state index in [9.17, 15) is 25.2 Å². The Morgan fingerprint density at radius 2 is 1.63 bits per heavy atom. The molecule has 6 rings (SSSR count). The second-order valence-electron chi connectivity index (χ2n) is 16.3. The summed E-state index contributed by atoms with van der Waals surface area (Å²) in [4.78, 5) is 33.1. The van der Waals surface area contributed by atoms with Gasteiger partial charge in [-0.1, -0.05) is 13.8 Å². The lowest BCUT2D eigenvalue weighted by Gasteiger charge is -2.39. The number of allylic oxidation sites excluding steroid dienone is 1. The maximum atomic E-state index is 13.5. The van der Waals surface area contributed by atoms with Gasteiger partial charge in [0.1, 0.15) is 24.4 Å². The fraction of sp³-hybridized carbons (Fsp3) is 0.568. The van der Waals surface area contributed by atoms with Crippen molar-refractivity contribution >= 4 is 56.8 Å². The minimum absolute atomic E-state index is 0.00120. The van der Waals surface area contributed by atoms with Gasteiger partial charge in [-0.15, -0.1) is 0 Å². The van der Waals surface area contributed by atoms with Crippen LogP contribution in [0.15, 0.2) is 18.2 Å². The molecule has 0 saturated carbocycles. The maximum Gasteiger partial charge on any atom is 0.222 e. The number of carbonyl (C=O) groups is 1. The van der Waals surface area contributed by atoms with E-state index in [2.05, 4.69) is 77.8 Å². The number of aliphatic hydroxyl groups excluding tert-OH is 4. The predicted octanol–water partition coefficient (Wildman–Crippen LogP) is 5.80. The summed E-state index contributed by atoms with van der Waals surface area (Å²) in [5.41, 5.74) is 13.2. The Morgan fingerprint density at radius 1 is 0.932 bits per heavy atom. The number of fused-ring (bicyclic) bond motifs is 8. The van der Waals surface area contributed by atoms with Crippen LogP contribution in [-0.2, 0) is 32.0 Å². The molecule has 0 spiro atoms. The summed E-state index contributed by atoms with van der Waals surface area (Å²) in [5, 5.41) is 41.3. The number of nitrogens with zero attached hydrogens (tertiary/aromatic N) is 3. The third-order valence-electron chi connectivity index (χ3n) is 12.3. The number of hydrogen-bond donors (Lipinski definition) is 6. The second kappa shape index (κ2) is 20.2. The second-order valence-corrected chi connectivity index (χ2v) is 18.7. The Bertz CT molecular complexity index is 2170. The zero-order valence-electron chi connectivity index (χ0n) is 35.5. The molecule has 9 atom stereocenters. The van der Waals surface area contributed by atoms with Crippen molar-refractivity contribution in [2.45, 2.75) is 123 Å². The van der Waals surface area contributed by atoms with E-state index in [1.165, 1.54) is 11.7 Å². The molecule has 2 unspecified atom stereocenters. The molecule has 3 aromatic rings. The number of rotatable bonds is 16. The number of nitrogens with one attached hydrogen (secondary N) is 2. The van der Waals surface area contributed by atoms with Crippen LogP contribution in [0.1, 0.15) is 109 Å². The average Bonchev–Trinajstić information content (AvgIpc) is 3.92. The maximum absolute atomic E-state index is 13.5. The summed E-state index contributed by atoms with van der Waals surface area (Å²) >= 11 is 0. The Kier molecular flexibility index (Phi) is 15.5. The molecule has 13 nitrogen and oxygen atoms in total. The number of amides is 1. The number of ether oxygens (including phenoxy) is 3. The van der Waals surface area contributed by atoms with E-state index in [4.69, 9.17) is 24.2 Å². The Labute approximate surface area is 351 Å². The molecule has 59 heavy (non-hydrogen) atoms. The summed E-state index contributed by atoms with van der Waals surface area (Å²) in [5.74, 6) is 0.0833. The van der Waals surface area contributed by atoms with Gasteiger partial charge in [0.25, 0.3) is 0 Å². The topological polar surface area (TPSA) is 186 Å². The molecule has 1 saturated heterocycles. The first kappa shape index (κ1) is 45.4. The summed E-state index contributed by atoms with van der Waals surface area (Å²) < 4.78 is 17.6. The van der Waals surface area contributed by atoms with Gasteiger partial charge in [0, 0.05) is 101 Å². The van der Waals surface area contributed by atoms with Crippen molar-refractivity contribution in [3.63, 3.8) is 0 Å². The highest BCUT2D eigenvalue weighted by atomic mass is 32.0. The molecule has 0 radical (unpaired) electrons. The van der Waals surface area contributed by atoms with Gasteiger partial charge in [0.2, 0.25) is 5.91 Å². The lowest BCUT2D eigenvalue weighted by atomic mass is 9.85. The number of aromatic amines is 2. The van der Waals surface area contributed by atoms with Crippen LogP contribution in [0.3, 0.4) is 0 Å². The van der Waals surface area contributed by atoms with Crippen LogP contribution in [0.5, 0.6) is 0 Å². The van der Waals surface area contributed by atoms with Crippen LogP contribution in [0.2, 0.25) is 0 Å². The highest BCUT2D eigenvalue weighted by Crippen LogP contribution is 2.42. The van der Waals surface area contributed by atoms with E-state index in [0.29, 0.717) is 34.3 Å². The monoisotopic (exact) mass is 852 g/mol. The first-order valence-corrected chi connectivity index (χ1v) is 24.4. The van der Waals surface area contributed by atoms with Gasteiger partial charge in [0.15, 0.2) is 6.29 Å². The van der Waals surface area contributed by atoms with E-state index >= 15 is 0 Å². The van der Waals surface area contributed by atoms with Crippen LogP contribution < -0.4 is 0 Å². The summed E-state index contributed by atoms with van der Waals surface area (Å²) in [6.07, 6.45) is 0.145. The molecular formula is C44H64N5O8P2+. The van der Waals surface area contributed by atoms with Crippen LogP contribution in [0.4, 0.5) is 0 Å². The van der Waals surface area contributed by atoms with E-state index < -0.39 is 37.3 Å². The zero-order chi connectivity index (χ0) is 42.5. The van der Waals surface area contributed by atoms with Crippen molar-refractivity contribution in [3.05, 3.63) is 68.8 Å². The molecule has 3 aromatic heterocycles. The highest BCUT2D eigenvalue weighted by molar-refractivity contribution is 8.02. The van der Waals surface area contributed by atoms with Crippen LogP contribution in [0.25, 0.3) is 33.7 Å². The standard InChI is InChI=1S/C44H63N5O8P2/c1-8-28-24(3)34-20-37-30(22-56-44-43(54)42(53)41(52)38(21-50)57-44)26(5)33(47-37)19-35-25(4)29(11-12-39(51)49(7)13-9-14-55-15-10-16-59-58)40(48-35)27(6)32-17-23(2)31(45-32)18-36(28)46-34/h17-20,25,29,38,41-44,46-47,50,52-54,59H,8-16,21-22,58H2,1-7H3/p+1/t25-,29-,38+,41+,42-,43+,44+/m0/s1. The smallest absolute Gasteiger partial charge is 0.222 e. The molecule has 1 fully saturated rings. The van der Waals surface area contributed by atoms with Gasteiger partial charge in [-0.05, 0) is 99.1 Å². The Balaban J connectivity index is 1.40. The van der Waals surface area contributed by atoms with Crippen molar-refractivity contribution < 1.29 is 39.4 Å². The number of aromatic nitrogens is 4. The molecule has 1 amide bonds. The third kappa shape index (κ3) is 10.0. The molecule has 15 heteroatoms. The van der Waals surface area contributed by atoms with Crippen LogP contribution >= 0.6 is 17.2 Å². The molecule has 0 aromatic carbocycles. The molecule has 8 bridgehead atoms. The lowest BCUT2D eigenvalue weighted by Crippen LogP contribution is -2.59. The van der Waals surface area contributed by atoms with E-state index in [0.717, 1.165) is 98.5 Å². The minimum Gasteiger partial charge on any atom is -0.394 e. The van der Waals surface area contributed by atoms with E-state index in [-0.39, 0.29) is 24.3 Å². The quantitative estimate of drug-likeness (QED) is 0.0760. The van der Waals surface area contributed by atoms with Crippen LogP contribution in [0, 0.1) is 20.8 Å². The largest absolute Gasteiger partial charge is 0.394 e. The highest BCUT2D eigenvalue weighted by Gasteiger charge is 2.44.